The van der Waals surface area contributed by atoms with Gasteiger partial charge in [0.05, 0.1) is 25.4 Å². The fourth-order valence-electron chi connectivity index (χ4n) is 7.99. The van der Waals surface area contributed by atoms with E-state index in [9.17, 15) is 43.5 Å². The molecule has 73 heavy (non-hydrogen) atoms. The SMILES string of the molecule is CCCCC/C=C\C/C=C\CC1OC1C/C=C\CCCC(=O)OC[C@H](COP(=O)(O)OP(=O)(O)OC[C@H]1O[C@@H](n2ccc(N)nc2=O)[C@H](O)[C@@H]1O)OC(=O)CCCCCCCCC/C=C\CCCCCCCC. The number of nitrogens with zero attached hydrogens (tertiary/aromatic N) is 2. The molecule has 0 saturated carbocycles. The summed E-state index contributed by atoms with van der Waals surface area (Å²) < 4.78 is 62.6. The number of unbranched alkanes of at least 4 members (excludes halogenated alkanes) is 17. The van der Waals surface area contributed by atoms with E-state index in [0.717, 1.165) is 87.8 Å². The Bertz CT molecular complexity index is 1980. The maximum absolute atomic E-state index is 12.9. The Morgan fingerprint density at radius 2 is 1.19 bits per heavy atom. The maximum atomic E-state index is 12.9. The van der Waals surface area contributed by atoms with Gasteiger partial charge in [-0.2, -0.15) is 9.29 Å². The van der Waals surface area contributed by atoms with Crippen LogP contribution in [0.2, 0.25) is 0 Å². The highest BCUT2D eigenvalue weighted by molar-refractivity contribution is 7.61. The first-order chi connectivity index (χ1) is 35.1. The number of ether oxygens (including phenoxy) is 4. The van der Waals surface area contributed by atoms with Crippen LogP contribution in [0.3, 0.4) is 0 Å². The van der Waals surface area contributed by atoms with Crippen molar-refractivity contribution in [1.82, 2.24) is 9.55 Å². The molecule has 2 fully saturated rings. The van der Waals surface area contributed by atoms with Crippen molar-refractivity contribution < 1.29 is 71.0 Å². The average Bonchev–Trinajstić information content (AvgIpc) is 4.04. The van der Waals surface area contributed by atoms with E-state index in [2.05, 4.69) is 59.6 Å². The summed E-state index contributed by atoms with van der Waals surface area (Å²) in [5.41, 5.74) is 4.59. The van der Waals surface area contributed by atoms with E-state index in [1.54, 1.807) is 0 Å². The highest BCUT2D eigenvalue weighted by Gasteiger charge is 2.46. The van der Waals surface area contributed by atoms with Gasteiger partial charge in [0.1, 0.15) is 30.7 Å². The van der Waals surface area contributed by atoms with Crippen LogP contribution in [0.25, 0.3) is 0 Å². The van der Waals surface area contributed by atoms with Crippen LogP contribution in [-0.4, -0.2) is 97.9 Å². The lowest BCUT2D eigenvalue weighted by Gasteiger charge is -2.21. The molecule has 19 nitrogen and oxygen atoms in total. The van der Waals surface area contributed by atoms with Gasteiger partial charge >= 0.3 is 33.3 Å². The predicted molar refractivity (Wildman–Crippen MR) is 279 cm³/mol. The zero-order valence-electron chi connectivity index (χ0n) is 43.4. The first-order valence-corrected chi connectivity index (χ1v) is 29.8. The second-order valence-electron chi connectivity index (χ2n) is 18.8. The van der Waals surface area contributed by atoms with E-state index in [-0.39, 0.29) is 30.9 Å². The van der Waals surface area contributed by atoms with Gasteiger partial charge in [0.15, 0.2) is 12.3 Å². The number of rotatable bonds is 43. The highest BCUT2D eigenvalue weighted by atomic mass is 31.3. The normalized spacial score (nSPS) is 22.1. The number of aromatic nitrogens is 2. The van der Waals surface area contributed by atoms with Gasteiger partial charge in [0.25, 0.3) is 0 Å². The Morgan fingerprint density at radius 1 is 0.671 bits per heavy atom. The number of phosphoric acid groups is 2. The molecule has 21 heteroatoms. The van der Waals surface area contributed by atoms with E-state index < -0.39 is 83.7 Å². The summed E-state index contributed by atoms with van der Waals surface area (Å²) in [5.74, 6) is -1.38. The Hall–Kier alpha value is -3.32. The van der Waals surface area contributed by atoms with Crippen LogP contribution in [0.4, 0.5) is 5.82 Å². The third-order valence-corrected chi connectivity index (χ3v) is 14.9. The quantitative estimate of drug-likeness (QED) is 0.0134. The Kier molecular flexibility index (Phi) is 32.8. The van der Waals surface area contributed by atoms with Gasteiger partial charge in [-0.15, -0.1) is 0 Å². The molecule has 0 aliphatic carbocycles. The van der Waals surface area contributed by atoms with Crippen molar-refractivity contribution >= 4 is 33.4 Å². The molecule has 0 aromatic carbocycles. The molecular weight excluding hydrogens is 985 g/mol. The van der Waals surface area contributed by atoms with Crippen molar-refractivity contribution in [3.63, 3.8) is 0 Å². The molecule has 3 heterocycles. The third-order valence-electron chi connectivity index (χ3n) is 12.3. The molecule has 0 amide bonds. The molecule has 0 spiro atoms. The molecule has 3 rings (SSSR count). The van der Waals surface area contributed by atoms with Gasteiger partial charge < -0.3 is 44.7 Å². The van der Waals surface area contributed by atoms with Crippen molar-refractivity contribution in [3.8, 4) is 0 Å². The standard InChI is InChI=1S/C52H87N3O16P2/c1-3-5-7-9-11-13-14-15-16-17-18-19-20-22-24-26-32-36-48(57)68-42(39-65-47(56)35-31-28-27-30-34-44-43(69-44)33-29-25-23-21-12-10-8-6-4-2)40-66-72(61,62)71-73(63,64)67-41-45-49(58)50(59)51(70-45)55-38-37-46(53)54-52(55)60/h12,15-16,21,25,27,29-30,37-38,42-45,49-51,58-59H,3-11,13-14,17-20,22-24,26,28,31-36,39-41H2,1-2H3,(H,61,62)(H,63,64)(H2,53,54,60)/b16-15-,21-12-,29-25-,30-27-/t42-,43?,44?,45-,49-,50-,51-/m1/s1. The van der Waals surface area contributed by atoms with Crippen LogP contribution in [-0.2, 0) is 51.0 Å². The molecular formula is C52H87N3O16P2. The minimum Gasteiger partial charge on any atom is -0.462 e. The van der Waals surface area contributed by atoms with E-state index >= 15 is 0 Å². The first-order valence-electron chi connectivity index (χ1n) is 26.8. The lowest BCUT2D eigenvalue weighted by molar-refractivity contribution is -0.161. The summed E-state index contributed by atoms with van der Waals surface area (Å²) >= 11 is 0. The summed E-state index contributed by atoms with van der Waals surface area (Å²) in [7, 11) is -10.9. The van der Waals surface area contributed by atoms with Crippen LogP contribution >= 0.6 is 15.6 Å². The van der Waals surface area contributed by atoms with Gasteiger partial charge in [-0.05, 0) is 83.1 Å². The number of carbonyl (C=O) groups is 2. The van der Waals surface area contributed by atoms with Gasteiger partial charge in [-0.1, -0.05) is 140 Å². The number of aliphatic hydroxyl groups is 2. The smallest absolute Gasteiger partial charge is 0.462 e. The molecule has 6 N–H and O–H groups in total. The van der Waals surface area contributed by atoms with E-state index in [1.165, 1.54) is 63.9 Å². The summed E-state index contributed by atoms with van der Waals surface area (Å²) in [5, 5.41) is 20.9. The minimum absolute atomic E-state index is 0.0292. The molecule has 1 aromatic heterocycles. The lowest BCUT2D eigenvalue weighted by Crippen LogP contribution is -2.36. The van der Waals surface area contributed by atoms with Gasteiger partial charge in [-0.25, -0.2) is 13.9 Å². The number of nitrogens with two attached hydrogens (primary N) is 1. The molecule has 9 atom stereocenters. The molecule has 2 saturated heterocycles. The van der Waals surface area contributed by atoms with Crippen LogP contribution in [0.1, 0.15) is 187 Å². The largest absolute Gasteiger partial charge is 0.481 e. The average molecular weight is 1070 g/mol. The predicted octanol–water partition coefficient (Wildman–Crippen LogP) is 10.3. The van der Waals surface area contributed by atoms with E-state index in [0.29, 0.717) is 19.3 Å². The minimum atomic E-state index is -5.44. The number of phosphoric ester groups is 2. The number of esters is 2. The number of aliphatic hydroxyl groups excluding tert-OH is 2. The summed E-state index contributed by atoms with van der Waals surface area (Å²) in [6.07, 6.45) is 36.4. The van der Waals surface area contributed by atoms with Gasteiger partial charge in [0, 0.05) is 19.0 Å². The third kappa shape index (κ3) is 29.5. The van der Waals surface area contributed by atoms with Crippen LogP contribution in [0.15, 0.2) is 65.7 Å². The number of allylic oxidation sites excluding steroid dienone is 6. The molecule has 1 aromatic rings. The summed E-state index contributed by atoms with van der Waals surface area (Å²) in [6, 6.07) is 1.25. The van der Waals surface area contributed by atoms with Crippen LogP contribution in [0.5, 0.6) is 0 Å². The molecule has 4 unspecified atom stereocenters. The molecule has 0 bridgehead atoms. The van der Waals surface area contributed by atoms with Crippen molar-refractivity contribution in [2.24, 2.45) is 0 Å². The number of carbonyl (C=O) groups excluding carboxylic acids is 2. The Balaban J connectivity index is 1.40. The number of hydrogen-bond donors (Lipinski definition) is 5. The molecule has 2 aliphatic heterocycles. The molecule has 0 radical (unpaired) electrons. The Morgan fingerprint density at radius 3 is 1.85 bits per heavy atom. The first kappa shape index (κ1) is 64.0. The number of nitrogen functional groups attached to an aromatic ring is 1. The second kappa shape index (κ2) is 37.4. The topological polar surface area (TPSA) is 278 Å². The summed E-state index contributed by atoms with van der Waals surface area (Å²) in [6.45, 7) is 2.07. The number of hydrogen-bond acceptors (Lipinski definition) is 16. The molecule has 416 valence electrons. The fourth-order valence-corrected chi connectivity index (χ4v) is 10.1. The summed E-state index contributed by atoms with van der Waals surface area (Å²) in [4.78, 5) is 62.1. The zero-order chi connectivity index (χ0) is 53.2. The second-order valence-corrected chi connectivity index (χ2v) is 21.8. The maximum Gasteiger partial charge on any atom is 0.481 e. The molecule has 2 aliphatic rings. The Labute approximate surface area is 433 Å². The number of epoxide rings is 1. The highest BCUT2D eigenvalue weighted by Crippen LogP contribution is 2.60. The van der Waals surface area contributed by atoms with Crippen molar-refractivity contribution in [2.75, 3.05) is 25.6 Å². The number of anilines is 1. The van der Waals surface area contributed by atoms with Crippen molar-refractivity contribution in [1.29, 1.82) is 0 Å². The van der Waals surface area contributed by atoms with Crippen molar-refractivity contribution in [3.05, 3.63) is 71.4 Å². The van der Waals surface area contributed by atoms with Crippen molar-refractivity contribution in [2.45, 2.75) is 224 Å². The van der Waals surface area contributed by atoms with E-state index in [1.807, 2.05) is 12.2 Å². The van der Waals surface area contributed by atoms with Crippen LogP contribution < -0.4 is 11.4 Å². The fraction of sp³-hybridized carbons (Fsp3) is 0.731. The van der Waals surface area contributed by atoms with E-state index in [4.69, 9.17) is 33.7 Å². The van der Waals surface area contributed by atoms with Crippen LogP contribution in [0, 0.1) is 0 Å². The zero-order valence-corrected chi connectivity index (χ0v) is 45.2. The lowest BCUT2D eigenvalue weighted by atomic mass is 10.1. The van der Waals surface area contributed by atoms with Gasteiger partial charge in [-0.3, -0.25) is 23.2 Å². The van der Waals surface area contributed by atoms with Gasteiger partial charge in [0.2, 0.25) is 0 Å². The monoisotopic (exact) mass is 1070 g/mol.